The highest BCUT2D eigenvalue weighted by molar-refractivity contribution is 5.98. The first-order chi connectivity index (χ1) is 27.2. The number of aryl methyl sites for hydroxylation is 1. The zero-order valence-electron chi connectivity index (χ0n) is 33.4. The summed E-state index contributed by atoms with van der Waals surface area (Å²) in [5, 5.41) is 11.5. The summed E-state index contributed by atoms with van der Waals surface area (Å²) in [6.07, 6.45) is 5.71. The molecule has 0 radical (unpaired) electrons. The second kappa shape index (κ2) is 18.9. The molecular formula is C42H55N7O8. The first-order valence-electron chi connectivity index (χ1n) is 19.5. The summed E-state index contributed by atoms with van der Waals surface area (Å²) in [5.41, 5.74) is 0.145. The van der Waals surface area contributed by atoms with E-state index in [2.05, 4.69) is 26.3 Å². The number of imidazole rings is 1. The van der Waals surface area contributed by atoms with E-state index in [1.54, 1.807) is 44.9 Å². The highest BCUT2D eigenvalue weighted by Gasteiger charge is 2.46. The summed E-state index contributed by atoms with van der Waals surface area (Å²) < 4.78 is 12.2. The highest BCUT2D eigenvalue weighted by Crippen LogP contribution is 2.31. The Kier molecular flexibility index (Phi) is 14.1. The van der Waals surface area contributed by atoms with Crippen molar-refractivity contribution in [1.82, 2.24) is 35.7 Å². The number of carbonyl (C=O) groups is 6. The molecule has 1 saturated carbocycles. The number of carbonyl (C=O) groups excluding carboxylic acids is 6. The third-order valence-corrected chi connectivity index (χ3v) is 10.4. The summed E-state index contributed by atoms with van der Waals surface area (Å²) in [6.45, 7) is 5.43. The van der Waals surface area contributed by atoms with Crippen LogP contribution in [-0.4, -0.2) is 99.1 Å². The fourth-order valence-electron chi connectivity index (χ4n) is 7.46. The predicted molar refractivity (Wildman–Crippen MR) is 210 cm³/mol. The number of hydrogen-bond acceptors (Lipinski definition) is 9. The third kappa shape index (κ3) is 11.4. The van der Waals surface area contributed by atoms with Gasteiger partial charge in [-0.3, -0.25) is 19.2 Å². The lowest BCUT2D eigenvalue weighted by molar-refractivity contribution is -0.146. The number of benzene rings is 2. The number of rotatable bonds is 15. The Bertz CT molecular complexity index is 1870. The molecule has 1 aromatic heterocycles. The van der Waals surface area contributed by atoms with E-state index in [-0.39, 0.29) is 25.8 Å². The van der Waals surface area contributed by atoms with E-state index in [0.717, 1.165) is 11.1 Å². The van der Waals surface area contributed by atoms with Gasteiger partial charge in [0.25, 0.3) is 0 Å². The average Bonchev–Trinajstić information content (AvgIpc) is 3.96. The van der Waals surface area contributed by atoms with Crippen LogP contribution in [0.1, 0.15) is 76.1 Å². The molecule has 0 bridgehead atoms. The van der Waals surface area contributed by atoms with Crippen molar-refractivity contribution < 1.29 is 38.2 Å². The molecule has 1 saturated heterocycles. The lowest BCUT2D eigenvalue weighted by Gasteiger charge is -2.33. The second-order valence-corrected chi connectivity index (χ2v) is 15.9. The number of esters is 1. The maximum Gasteiger partial charge on any atom is 0.408 e. The van der Waals surface area contributed by atoms with Gasteiger partial charge >= 0.3 is 12.1 Å². The third-order valence-electron chi connectivity index (χ3n) is 10.4. The summed E-state index contributed by atoms with van der Waals surface area (Å²) >= 11 is 0. The van der Waals surface area contributed by atoms with E-state index in [1.165, 1.54) is 12.0 Å². The minimum absolute atomic E-state index is 0.102. The van der Waals surface area contributed by atoms with Crippen LogP contribution in [0.5, 0.6) is 0 Å². The number of amides is 5. The molecule has 0 spiro atoms. The molecule has 0 unspecified atom stereocenters. The Morgan fingerprint density at radius 3 is 2.00 bits per heavy atom. The van der Waals surface area contributed by atoms with Gasteiger partial charge < -0.3 is 40.2 Å². The number of alkyl carbamates (subject to hydrolysis) is 1. The standard InChI is InChI=1S/C42H55N7O8/c1-41(2,3)57-40(55)46-32(25-30-26-43-27-48(30)4)37(52)49-22-14-19-34(49)36(51)44-31(23-28-15-8-6-9-16-28)35(50)47-42(20-12-13-21-42)39(54)45-33(38(53)56-5)24-29-17-10-7-11-18-29/h6-11,15-18,26-27,31-34H,12-14,19-25H2,1-5H3,(H,44,51)(H,45,54)(H,46,55)(H,47,50)/t31-,32-,33-,34+/m0/s1. The number of methoxy groups -OCH3 is 1. The van der Waals surface area contributed by atoms with Crippen molar-refractivity contribution in [3.63, 3.8) is 0 Å². The Balaban J connectivity index is 1.35. The molecule has 4 N–H and O–H groups in total. The molecule has 57 heavy (non-hydrogen) atoms. The lowest BCUT2D eigenvalue weighted by Crippen LogP contribution is -2.64. The molecule has 4 atom stereocenters. The molecule has 1 aliphatic carbocycles. The van der Waals surface area contributed by atoms with Crippen molar-refractivity contribution in [3.8, 4) is 0 Å². The second-order valence-electron chi connectivity index (χ2n) is 15.9. The topological polar surface area (TPSA) is 190 Å². The van der Waals surface area contributed by atoms with Crippen LogP contribution < -0.4 is 21.3 Å². The summed E-state index contributed by atoms with van der Waals surface area (Å²) in [4.78, 5) is 88.2. The zero-order valence-corrected chi connectivity index (χ0v) is 33.4. The molecule has 5 amide bonds. The van der Waals surface area contributed by atoms with Gasteiger partial charge in [-0.25, -0.2) is 14.6 Å². The van der Waals surface area contributed by atoms with Crippen LogP contribution >= 0.6 is 0 Å². The Morgan fingerprint density at radius 2 is 1.44 bits per heavy atom. The van der Waals surface area contributed by atoms with Crippen molar-refractivity contribution in [2.75, 3.05) is 13.7 Å². The predicted octanol–water partition coefficient (Wildman–Crippen LogP) is 2.90. The molecule has 306 valence electrons. The molecule has 15 nitrogen and oxygen atoms in total. The van der Waals surface area contributed by atoms with E-state index in [1.807, 2.05) is 60.7 Å². The van der Waals surface area contributed by atoms with Gasteiger partial charge in [-0.05, 0) is 57.6 Å². The van der Waals surface area contributed by atoms with Crippen molar-refractivity contribution >= 4 is 35.7 Å². The molecule has 2 aromatic carbocycles. The SMILES string of the molecule is COC(=O)[C@H](Cc1ccccc1)NC(=O)C1(NC(=O)[C@H](Cc2ccccc2)NC(=O)[C@H]2CCCN2C(=O)[C@H](Cc2cncn2C)NC(=O)OC(C)(C)C)CCCC1. The molecule has 2 aliphatic rings. The fraction of sp³-hybridized carbons (Fsp3) is 0.500. The van der Waals surface area contributed by atoms with Crippen molar-refractivity contribution in [1.29, 1.82) is 0 Å². The molecular weight excluding hydrogens is 731 g/mol. The van der Waals surface area contributed by atoms with Gasteiger partial charge in [0, 0.05) is 44.7 Å². The fourth-order valence-corrected chi connectivity index (χ4v) is 7.46. The number of likely N-dealkylation sites (tertiary alicyclic amines) is 1. The normalized spacial score (nSPS) is 17.8. The number of nitrogens with one attached hydrogen (secondary N) is 4. The minimum Gasteiger partial charge on any atom is -0.467 e. The average molecular weight is 786 g/mol. The van der Waals surface area contributed by atoms with Gasteiger partial charge in [-0.2, -0.15) is 0 Å². The molecule has 2 heterocycles. The maximum absolute atomic E-state index is 14.4. The number of nitrogens with zero attached hydrogens (tertiary/aromatic N) is 3. The van der Waals surface area contributed by atoms with Gasteiger partial charge in [0.05, 0.1) is 13.4 Å². The zero-order chi connectivity index (χ0) is 41.2. The van der Waals surface area contributed by atoms with Crippen LogP contribution in [0.3, 0.4) is 0 Å². The van der Waals surface area contributed by atoms with Crippen LogP contribution in [0.4, 0.5) is 4.79 Å². The molecule has 2 fully saturated rings. The summed E-state index contributed by atoms with van der Waals surface area (Å²) in [5.74, 6) is -2.69. The number of ether oxygens (including phenoxy) is 2. The van der Waals surface area contributed by atoms with Gasteiger partial charge in [0.15, 0.2) is 0 Å². The summed E-state index contributed by atoms with van der Waals surface area (Å²) in [6, 6.07) is 14.3. The maximum atomic E-state index is 14.4. The van der Waals surface area contributed by atoms with Crippen LogP contribution in [0.2, 0.25) is 0 Å². The number of hydrogen-bond donors (Lipinski definition) is 4. The first-order valence-corrected chi connectivity index (χ1v) is 19.5. The molecule has 15 heteroatoms. The van der Waals surface area contributed by atoms with E-state index < -0.39 is 71.0 Å². The lowest BCUT2D eigenvalue weighted by atomic mass is 9.93. The Hall–Kier alpha value is -5.73. The van der Waals surface area contributed by atoms with Crippen molar-refractivity contribution in [2.24, 2.45) is 7.05 Å². The minimum atomic E-state index is -1.33. The van der Waals surface area contributed by atoms with E-state index in [9.17, 15) is 28.8 Å². The van der Waals surface area contributed by atoms with Crippen LogP contribution in [0.15, 0.2) is 73.2 Å². The smallest absolute Gasteiger partial charge is 0.408 e. The molecule has 5 rings (SSSR count). The van der Waals surface area contributed by atoms with Crippen LogP contribution in [0, 0.1) is 0 Å². The van der Waals surface area contributed by atoms with Gasteiger partial charge in [-0.1, -0.05) is 73.5 Å². The van der Waals surface area contributed by atoms with Crippen LogP contribution in [-0.2, 0) is 59.8 Å². The largest absolute Gasteiger partial charge is 0.467 e. The van der Waals surface area contributed by atoms with Gasteiger partial charge in [-0.15, -0.1) is 0 Å². The van der Waals surface area contributed by atoms with E-state index in [0.29, 0.717) is 44.2 Å². The van der Waals surface area contributed by atoms with Crippen LogP contribution in [0.25, 0.3) is 0 Å². The number of aromatic nitrogens is 2. The van der Waals surface area contributed by atoms with Crippen molar-refractivity contribution in [2.45, 2.75) is 114 Å². The summed E-state index contributed by atoms with van der Waals surface area (Å²) in [7, 11) is 3.04. The van der Waals surface area contributed by atoms with E-state index in [4.69, 9.17) is 9.47 Å². The first kappa shape index (κ1) is 42.4. The van der Waals surface area contributed by atoms with Crippen molar-refractivity contribution in [3.05, 3.63) is 90.0 Å². The Morgan fingerprint density at radius 1 is 0.825 bits per heavy atom. The quantitative estimate of drug-likeness (QED) is 0.168. The van der Waals surface area contributed by atoms with Gasteiger partial charge in [0.2, 0.25) is 23.6 Å². The Labute approximate surface area is 333 Å². The monoisotopic (exact) mass is 785 g/mol. The molecule has 3 aromatic rings. The van der Waals surface area contributed by atoms with Gasteiger partial charge in [0.1, 0.15) is 35.3 Å². The van der Waals surface area contributed by atoms with E-state index >= 15 is 0 Å². The molecule has 1 aliphatic heterocycles. The highest BCUT2D eigenvalue weighted by atomic mass is 16.6.